The Labute approximate surface area is 104 Å². The zero-order chi connectivity index (χ0) is 12.9. The number of rotatable bonds is 4. The van der Waals surface area contributed by atoms with Crippen molar-refractivity contribution in [3.63, 3.8) is 0 Å². The van der Waals surface area contributed by atoms with Gasteiger partial charge in [0.2, 0.25) is 0 Å². The van der Waals surface area contributed by atoms with Gasteiger partial charge in [0.25, 0.3) is 0 Å². The van der Waals surface area contributed by atoms with Crippen LogP contribution in [-0.4, -0.2) is 36.9 Å². The summed E-state index contributed by atoms with van der Waals surface area (Å²) in [6.45, 7) is 9.45. The van der Waals surface area contributed by atoms with Gasteiger partial charge in [0, 0.05) is 6.54 Å². The van der Waals surface area contributed by atoms with E-state index in [1.165, 1.54) is 0 Å². The Morgan fingerprint density at radius 1 is 1.47 bits per heavy atom. The highest BCUT2D eigenvalue weighted by Crippen LogP contribution is 2.15. The van der Waals surface area contributed by atoms with Gasteiger partial charge in [-0.15, -0.1) is 0 Å². The molecular formula is C13H25NO3. The third kappa shape index (κ3) is 5.50. The van der Waals surface area contributed by atoms with Crippen molar-refractivity contribution < 1.29 is 14.3 Å². The van der Waals surface area contributed by atoms with Gasteiger partial charge >= 0.3 is 5.97 Å². The average molecular weight is 243 g/mol. The lowest BCUT2D eigenvalue weighted by molar-refractivity contribution is -0.173. The molecule has 0 spiro atoms. The monoisotopic (exact) mass is 243 g/mol. The zero-order valence-corrected chi connectivity index (χ0v) is 11.4. The smallest absolute Gasteiger partial charge is 0.335 e. The summed E-state index contributed by atoms with van der Waals surface area (Å²) >= 11 is 0. The number of ether oxygens (including phenoxy) is 2. The van der Waals surface area contributed by atoms with Crippen LogP contribution in [0.15, 0.2) is 0 Å². The van der Waals surface area contributed by atoms with Gasteiger partial charge in [-0.2, -0.15) is 0 Å². The van der Waals surface area contributed by atoms with Gasteiger partial charge in [-0.3, -0.25) is 0 Å². The number of hydrogen-bond acceptors (Lipinski definition) is 4. The molecule has 1 aliphatic heterocycles. The van der Waals surface area contributed by atoms with Gasteiger partial charge in [0.05, 0.1) is 6.10 Å². The molecule has 0 bridgehead atoms. The molecule has 17 heavy (non-hydrogen) atoms. The van der Waals surface area contributed by atoms with Crippen LogP contribution in [0.5, 0.6) is 0 Å². The summed E-state index contributed by atoms with van der Waals surface area (Å²) in [5.74, 6) is -0.245. The van der Waals surface area contributed by atoms with Gasteiger partial charge in [-0.25, -0.2) is 4.79 Å². The fourth-order valence-electron chi connectivity index (χ4n) is 1.85. The van der Waals surface area contributed by atoms with Crippen LogP contribution < -0.4 is 5.32 Å². The van der Waals surface area contributed by atoms with Gasteiger partial charge in [-0.05, 0) is 46.6 Å². The van der Waals surface area contributed by atoms with Crippen LogP contribution in [0.1, 0.15) is 47.0 Å². The van der Waals surface area contributed by atoms with E-state index in [1.807, 2.05) is 27.7 Å². The lowest BCUT2D eigenvalue weighted by Gasteiger charge is -2.28. The molecular weight excluding hydrogens is 218 g/mol. The summed E-state index contributed by atoms with van der Waals surface area (Å²) in [5.41, 5.74) is -0.446. The fourth-order valence-corrected chi connectivity index (χ4v) is 1.85. The van der Waals surface area contributed by atoms with E-state index in [-0.39, 0.29) is 12.1 Å². The van der Waals surface area contributed by atoms with Crippen LogP contribution in [0.4, 0.5) is 0 Å². The third-order valence-corrected chi connectivity index (χ3v) is 2.65. The molecule has 100 valence electrons. The maximum atomic E-state index is 11.9. The Morgan fingerprint density at radius 2 is 2.18 bits per heavy atom. The Kier molecular flexibility index (Phi) is 5.40. The molecule has 0 radical (unpaired) electrons. The second-order valence-corrected chi connectivity index (χ2v) is 5.53. The normalized spacial score (nSPS) is 23.2. The highest BCUT2D eigenvalue weighted by Gasteiger charge is 2.27. The van der Waals surface area contributed by atoms with Crippen molar-refractivity contribution in [3.8, 4) is 0 Å². The van der Waals surface area contributed by atoms with Crippen LogP contribution in [-0.2, 0) is 14.3 Å². The summed E-state index contributed by atoms with van der Waals surface area (Å²) in [5, 5.41) is 3.27. The van der Waals surface area contributed by atoms with E-state index in [2.05, 4.69) is 5.32 Å². The highest BCUT2D eigenvalue weighted by atomic mass is 16.6. The largest absolute Gasteiger partial charge is 0.458 e. The summed E-state index contributed by atoms with van der Waals surface area (Å²) in [7, 11) is 0. The Bertz CT molecular complexity index is 242. The molecule has 1 aliphatic rings. The van der Waals surface area contributed by atoms with Crippen molar-refractivity contribution in [2.24, 2.45) is 0 Å². The van der Waals surface area contributed by atoms with Crippen molar-refractivity contribution in [2.45, 2.75) is 64.8 Å². The quantitative estimate of drug-likeness (QED) is 0.766. The minimum Gasteiger partial charge on any atom is -0.458 e. The number of nitrogens with one attached hydrogen (secondary N) is 1. The number of carbonyl (C=O) groups excluding carboxylic acids is 1. The molecule has 2 atom stereocenters. The van der Waals surface area contributed by atoms with Crippen LogP contribution >= 0.6 is 0 Å². The molecule has 4 heteroatoms. The van der Waals surface area contributed by atoms with Gasteiger partial charge in [-0.1, -0.05) is 6.92 Å². The molecule has 0 amide bonds. The second kappa shape index (κ2) is 6.36. The van der Waals surface area contributed by atoms with E-state index < -0.39 is 11.7 Å². The first-order valence-corrected chi connectivity index (χ1v) is 6.51. The number of carbonyl (C=O) groups is 1. The summed E-state index contributed by atoms with van der Waals surface area (Å²) in [6.07, 6.45) is 2.49. The first kappa shape index (κ1) is 14.5. The molecule has 0 aromatic heterocycles. The third-order valence-electron chi connectivity index (χ3n) is 2.65. The van der Waals surface area contributed by atoms with Crippen molar-refractivity contribution >= 4 is 5.97 Å². The second-order valence-electron chi connectivity index (χ2n) is 5.53. The maximum Gasteiger partial charge on any atom is 0.335 e. The predicted octanol–water partition coefficient (Wildman–Crippen LogP) is 1.88. The fraction of sp³-hybridized carbons (Fsp3) is 0.923. The minimum atomic E-state index is -0.446. The van der Waals surface area contributed by atoms with E-state index in [9.17, 15) is 4.79 Å². The number of hydrogen-bond donors (Lipinski definition) is 1. The van der Waals surface area contributed by atoms with Crippen molar-refractivity contribution in [1.29, 1.82) is 0 Å². The zero-order valence-electron chi connectivity index (χ0n) is 11.4. The Morgan fingerprint density at radius 3 is 2.65 bits per heavy atom. The molecule has 0 aromatic rings. The van der Waals surface area contributed by atoms with Gasteiger partial charge in [0.15, 0.2) is 6.10 Å². The molecule has 2 unspecified atom stereocenters. The topological polar surface area (TPSA) is 47.6 Å². The maximum absolute atomic E-state index is 11.9. The SMILES string of the molecule is CCC(OC1CCCNC1)C(=O)OC(C)(C)C. The lowest BCUT2D eigenvalue weighted by Crippen LogP contribution is -2.41. The molecule has 0 saturated carbocycles. The molecule has 1 rings (SSSR count). The van der Waals surface area contributed by atoms with E-state index >= 15 is 0 Å². The van der Waals surface area contributed by atoms with Crippen molar-refractivity contribution in [1.82, 2.24) is 5.32 Å². The number of esters is 1. The molecule has 1 heterocycles. The summed E-state index contributed by atoms with van der Waals surface area (Å²) in [6, 6.07) is 0. The van der Waals surface area contributed by atoms with Crippen LogP contribution in [0.25, 0.3) is 0 Å². The van der Waals surface area contributed by atoms with E-state index in [1.54, 1.807) is 0 Å². The molecule has 0 aliphatic carbocycles. The van der Waals surface area contributed by atoms with Crippen LogP contribution in [0, 0.1) is 0 Å². The van der Waals surface area contributed by atoms with Gasteiger partial charge in [0.1, 0.15) is 5.60 Å². The average Bonchev–Trinajstić information content (AvgIpc) is 2.24. The van der Waals surface area contributed by atoms with E-state index in [0.717, 1.165) is 25.9 Å². The Hall–Kier alpha value is -0.610. The summed E-state index contributed by atoms with van der Waals surface area (Å²) < 4.78 is 11.2. The predicted molar refractivity (Wildman–Crippen MR) is 66.9 cm³/mol. The van der Waals surface area contributed by atoms with Crippen LogP contribution in [0.2, 0.25) is 0 Å². The van der Waals surface area contributed by atoms with Crippen LogP contribution in [0.3, 0.4) is 0 Å². The first-order valence-electron chi connectivity index (χ1n) is 6.51. The Balaban J connectivity index is 2.43. The van der Waals surface area contributed by atoms with E-state index in [0.29, 0.717) is 6.42 Å². The van der Waals surface area contributed by atoms with E-state index in [4.69, 9.17) is 9.47 Å². The molecule has 1 N–H and O–H groups in total. The standard InChI is InChI=1S/C13H25NO3/c1-5-11(12(15)17-13(2,3)4)16-10-7-6-8-14-9-10/h10-11,14H,5-9H2,1-4H3. The molecule has 0 aromatic carbocycles. The van der Waals surface area contributed by atoms with Crippen molar-refractivity contribution in [2.75, 3.05) is 13.1 Å². The highest BCUT2D eigenvalue weighted by molar-refractivity contribution is 5.75. The van der Waals surface area contributed by atoms with Crippen molar-refractivity contribution in [3.05, 3.63) is 0 Å². The van der Waals surface area contributed by atoms with Gasteiger partial charge < -0.3 is 14.8 Å². The lowest BCUT2D eigenvalue weighted by atomic mass is 10.1. The number of piperidine rings is 1. The first-order chi connectivity index (χ1) is 7.92. The summed E-state index contributed by atoms with van der Waals surface area (Å²) in [4.78, 5) is 11.9. The molecule has 1 saturated heterocycles. The molecule has 1 fully saturated rings. The molecule has 4 nitrogen and oxygen atoms in total. The minimum absolute atomic E-state index is 0.140.